The van der Waals surface area contributed by atoms with Crippen molar-refractivity contribution >= 4 is 28.6 Å². The largest absolute Gasteiger partial charge is 0.355 e. The van der Waals surface area contributed by atoms with E-state index in [1.807, 2.05) is 42.7 Å². The Morgan fingerprint density at radius 3 is 2.81 bits per heavy atom. The van der Waals surface area contributed by atoms with Crippen LogP contribution in [0.4, 0.5) is 0 Å². The molecule has 2 aromatic rings. The zero-order valence-electron chi connectivity index (χ0n) is 16.6. The highest BCUT2D eigenvalue weighted by Crippen LogP contribution is 2.39. The summed E-state index contributed by atoms with van der Waals surface area (Å²) in [4.78, 5) is 30.4. The van der Waals surface area contributed by atoms with Crippen LogP contribution in [0.5, 0.6) is 0 Å². The van der Waals surface area contributed by atoms with Crippen molar-refractivity contribution in [2.24, 2.45) is 11.8 Å². The van der Waals surface area contributed by atoms with Crippen LogP contribution in [0.2, 0.25) is 0 Å². The third kappa shape index (κ3) is 4.05. The molecule has 1 saturated carbocycles. The van der Waals surface area contributed by atoms with E-state index in [1.54, 1.807) is 0 Å². The fourth-order valence-corrected chi connectivity index (χ4v) is 4.94. The number of para-hydroxylation sites is 1. The lowest BCUT2D eigenvalue weighted by atomic mass is 9.78. The van der Waals surface area contributed by atoms with Crippen molar-refractivity contribution in [3.63, 3.8) is 0 Å². The van der Waals surface area contributed by atoms with Gasteiger partial charge < -0.3 is 5.32 Å². The Hall–Kier alpha value is -1.82. The third-order valence-corrected chi connectivity index (χ3v) is 6.84. The third-order valence-electron chi connectivity index (χ3n) is 5.77. The number of nitrogens with zero attached hydrogens (tertiary/aromatic N) is 2. The monoisotopic (exact) mass is 387 g/mol. The zero-order chi connectivity index (χ0) is 19.6. The summed E-state index contributed by atoms with van der Waals surface area (Å²) < 4.78 is 1.88. The number of nitrogens with one attached hydrogen (secondary N) is 1. The molecule has 1 fully saturated rings. The van der Waals surface area contributed by atoms with E-state index in [-0.39, 0.29) is 22.8 Å². The summed E-state index contributed by atoms with van der Waals surface area (Å²) in [6.45, 7) is 8.87. The number of carbonyl (C=O) groups is 1. The van der Waals surface area contributed by atoms with Crippen LogP contribution in [0.1, 0.15) is 53.0 Å². The van der Waals surface area contributed by atoms with Gasteiger partial charge in [0.1, 0.15) is 0 Å². The van der Waals surface area contributed by atoms with Gasteiger partial charge in [0.05, 0.1) is 16.2 Å². The quantitative estimate of drug-likeness (QED) is 0.622. The second-order valence-electron chi connectivity index (χ2n) is 7.58. The maximum Gasteiger partial charge on any atom is 0.262 e. The molecule has 1 heterocycles. The molecular formula is C21H29N3O2S. The molecule has 1 aromatic carbocycles. The van der Waals surface area contributed by atoms with Gasteiger partial charge in [-0.3, -0.25) is 14.2 Å². The van der Waals surface area contributed by atoms with Gasteiger partial charge in [0.15, 0.2) is 5.16 Å². The molecule has 0 spiro atoms. The first-order chi connectivity index (χ1) is 12.9. The van der Waals surface area contributed by atoms with Gasteiger partial charge >= 0.3 is 0 Å². The molecule has 1 aromatic heterocycles. The molecule has 0 bridgehead atoms. The highest BCUT2D eigenvalue weighted by molar-refractivity contribution is 8.00. The van der Waals surface area contributed by atoms with Crippen LogP contribution in [0.15, 0.2) is 34.2 Å². The first-order valence-corrected chi connectivity index (χ1v) is 10.8. The summed E-state index contributed by atoms with van der Waals surface area (Å²) in [6.07, 6.45) is 3.30. The maximum atomic E-state index is 13.4. The molecule has 0 aliphatic heterocycles. The minimum atomic E-state index is -0.305. The minimum Gasteiger partial charge on any atom is -0.355 e. The molecule has 146 valence electrons. The molecule has 1 aliphatic rings. The Balaban J connectivity index is 2.10. The van der Waals surface area contributed by atoms with Gasteiger partial charge in [-0.05, 0) is 44.2 Å². The van der Waals surface area contributed by atoms with Crippen molar-refractivity contribution in [1.82, 2.24) is 14.9 Å². The van der Waals surface area contributed by atoms with Crippen LogP contribution >= 0.6 is 11.8 Å². The molecule has 4 atom stereocenters. The first kappa shape index (κ1) is 19.9. The summed E-state index contributed by atoms with van der Waals surface area (Å²) in [5.41, 5.74) is 0.706. The van der Waals surface area contributed by atoms with Gasteiger partial charge in [0, 0.05) is 12.6 Å². The minimum absolute atomic E-state index is 0.0112. The average molecular weight is 388 g/mol. The van der Waals surface area contributed by atoms with E-state index < -0.39 is 0 Å². The van der Waals surface area contributed by atoms with Crippen LogP contribution in [-0.4, -0.2) is 27.3 Å². The molecule has 0 saturated heterocycles. The number of fused-ring (bicyclic) bond motifs is 1. The van der Waals surface area contributed by atoms with Gasteiger partial charge in [-0.15, -0.1) is 0 Å². The average Bonchev–Trinajstić information content (AvgIpc) is 2.65. The highest BCUT2D eigenvalue weighted by atomic mass is 32.2. The number of hydrogen-bond donors (Lipinski definition) is 1. The number of amides is 1. The molecule has 6 heteroatoms. The summed E-state index contributed by atoms with van der Waals surface area (Å²) in [5, 5.41) is 3.86. The van der Waals surface area contributed by atoms with Crippen molar-refractivity contribution in [3.05, 3.63) is 34.6 Å². The topological polar surface area (TPSA) is 64.0 Å². The van der Waals surface area contributed by atoms with E-state index in [1.165, 1.54) is 18.2 Å². The number of aromatic nitrogens is 2. The smallest absolute Gasteiger partial charge is 0.262 e. The molecule has 1 amide bonds. The maximum absolute atomic E-state index is 13.4. The fraction of sp³-hybridized carbons (Fsp3) is 0.571. The summed E-state index contributed by atoms with van der Waals surface area (Å²) in [7, 11) is 0. The molecule has 0 radical (unpaired) electrons. The van der Waals surface area contributed by atoms with Gasteiger partial charge in [-0.25, -0.2) is 4.98 Å². The number of rotatable bonds is 5. The SMILES string of the molecule is CCNC(=O)[C@@H](C)Sc1nc2ccccc2c(=O)n1[C@H]1CCC[C@H](C)[C@@H]1C. The van der Waals surface area contributed by atoms with Crippen LogP contribution in [-0.2, 0) is 4.79 Å². The van der Waals surface area contributed by atoms with E-state index in [0.29, 0.717) is 34.4 Å². The van der Waals surface area contributed by atoms with Crippen molar-refractivity contribution in [1.29, 1.82) is 0 Å². The molecular weight excluding hydrogens is 358 g/mol. The summed E-state index contributed by atoms with van der Waals surface area (Å²) >= 11 is 1.38. The van der Waals surface area contributed by atoms with Crippen LogP contribution < -0.4 is 10.9 Å². The lowest BCUT2D eigenvalue weighted by molar-refractivity contribution is -0.120. The predicted octanol–water partition coefficient (Wildman–Crippen LogP) is 4.01. The second kappa shape index (κ2) is 8.46. The lowest BCUT2D eigenvalue weighted by Crippen LogP contribution is -2.36. The zero-order valence-corrected chi connectivity index (χ0v) is 17.4. The van der Waals surface area contributed by atoms with Crippen LogP contribution in [0.3, 0.4) is 0 Å². The Morgan fingerprint density at radius 2 is 2.07 bits per heavy atom. The number of benzene rings is 1. The molecule has 3 rings (SSSR count). The Bertz CT molecular complexity index is 879. The van der Waals surface area contributed by atoms with Gasteiger partial charge in [0.2, 0.25) is 5.91 Å². The Labute approximate surface area is 164 Å². The molecule has 5 nitrogen and oxygen atoms in total. The van der Waals surface area contributed by atoms with Crippen molar-refractivity contribution in [2.75, 3.05) is 6.54 Å². The van der Waals surface area contributed by atoms with E-state index in [4.69, 9.17) is 4.98 Å². The second-order valence-corrected chi connectivity index (χ2v) is 8.88. The molecule has 1 aliphatic carbocycles. The van der Waals surface area contributed by atoms with Gasteiger partial charge in [-0.1, -0.05) is 50.6 Å². The fourth-order valence-electron chi connectivity index (χ4n) is 3.95. The standard InChI is InChI=1S/C21H29N3O2S/c1-5-22-19(25)15(4)27-21-23-17-11-7-6-10-16(17)20(26)24(21)18-12-8-9-13(2)14(18)3/h6-7,10-11,13-15,18H,5,8-9,12H2,1-4H3,(H,22,25)/t13-,14-,15+,18-/m0/s1. The van der Waals surface area contributed by atoms with Crippen LogP contribution in [0.25, 0.3) is 10.9 Å². The van der Waals surface area contributed by atoms with Crippen LogP contribution in [0, 0.1) is 11.8 Å². The van der Waals surface area contributed by atoms with Crippen molar-refractivity contribution < 1.29 is 4.79 Å². The Kier molecular flexibility index (Phi) is 6.25. The van der Waals surface area contributed by atoms with E-state index in [2.05, 4.69) is 19.2 Å². The number of thioether (sulfide) groups is 1. The van der Waals surface area contributed by atoms with Gasteiger partial charge in [-0.2, -0.15) is 0 Å². The number of carbonyl (C=O) groups excluding carboxylic acids is 1. The first-order valence-electron chi connectivity index (χ1n) is 9.89. The molecule has 1 N–H and O–H groups in total. The van der Waals surface area contributed by atoms with Crippen molar-refractivity contribution in [2.45, 2.75) is 63.4 Å². The normalized spacial score (nSPS) is 23.9. The predicted molar refractivity (Wildman–Crippen MR) is 111 cm³/mol. The van der Waals surface area contributed by atoms with E-state index in [9.17, 15) is 9.59 Å². The van der Waals surface area contributed by atoms with Crippen molar-refractivity contribution in [3.8, 4) is 0 Å². The van der Waals surface area contributed by atoms with E-state index >= 15 is 0 Å². The summed E-state index contributed by atoms with van der Waals surface area (Å²) in [5.74, 6) is 0.945. The summed E-state index contributed by atoms with van der Waals surface area (Å²) in [6, 6.07) is 7.62. The highest BCUT2D eigenvalue weighted by Gasteiger charge is 2.32. The number of hydrogen-bond acceptors (Lipinski definition) is 4. The molecule has 27 heavy (non-hydrogen) atoms. The Morgan fingerprint density at radius 1 is 1.33 bits per heavy atom. The molecule has 0 unspecified atom stereocenters. The van der Waals surface area contributed by atoms with E-state index in [0.717, 1.165) is 12.8 Å². The van der Waals surface area contributed by atoms with Gasteiger partial charge in [0.25, 0.3) is 5.56 Å². The lowest BCUT2D eigenvalue weighted by Gasteiger charge is -2.36.